The van der Waals surface area contributed by atoms with Crippen LogP contribution in [-0.2, 0) is 4.84 Å². The molecular weight excluding hydrogens is 430 g/mol. The molecule has 1 heterocycles. The maximum atomic E-state index is 13.2. The van der Waals surface area contributed by atoms with Gasteiger partial charge in [0.2, 0.25) is 0 Å². The minimum absolute atomic E-state index is 0.0680. The van der Waals surface area contributed by atoms with Gasteiger partial charge in [-0.25, -0.2) is 0 Å². The van der Waals surface area contributed by atoms with Gasteiger partial charge in [-0.15, -0.1) is 0 Å². The average Bonchev–Trinajstić information content (AvgIpc) is 3.21. The van der Waals surface area contributed by atoms with Crippen molar-refractivity contribution in [3.63, 3.8) is 0 Å². The van der Waals surface area contributed by atoms with Gasteiger partial charge < -0.3 is 0 Å². The number of benzene rings is 2. The van der Waals surface area contributed by atoms with Crippen LogP contribution in [-0.4, -0.2) is 53.6 Å². The monoisotopic (exact) mass is 450 g/mol. The van der Waals surface area contributed by atoms with Gasteiger partial charge in [0.05, 0.1) is 0 Å². The van der Waals surface area contributed by atoms with E-state index in [0.717, 1.165) is 21.4 Å². The number of oxime groups is 1. The Kier molecular flexibility index (Phi) is 6.34. The molecule has 0 amide bonds. The van der Waals surface area contributed by atoms with Crippen LogP contribution in [0, 0.1) is 5.82 Å². The zero-order chi connectivity index (χ0) is 20.1. The Morgan fingerprint density at radius 1 is 0.964 bits per heavy atom. The zero-order valence-corrected chi connectivity index (χ0v) is 17.6. The number of hydrogen-bond acceptors (Lipinski definition) is 6. The second-order valence-corrected chi connectivity index (χ2v) is 7.38. The first kappa shape index (κ1) is 19.9. The number of hydrogen-bond donors (Lipinski definition) is 0. The Balaban J connectivity index is 2.06. The number of methoxy groups -OCH3 is 3. The maximum absolute atomic E-state index is 13.2. The van der Waals surface area contributed by atoms with Gasteiger partial charge in [0, 0.05) is 0 Å². The van der Waals surface area contributed by atoms with Crippen LogP contribution in [0.1, 0.15) is 10.1 Å². The van der Waals surface area contributed by atoms with Gasteiger partial charge in [0.15, 0.2) is 0 Å². The molecule has 0 aliphatic rings. The van der Waals surface area contributed by atoms with Crippen LogP contribution in [0.5, 0.6) is 17.2 Å². The van der Waals surface area contributed by atoms with E-state index in [-0.39, 0.29) is 20.3 Å². The minimum atomic E-state index is -0.281. The molecule has 28 heavy (non-hydrogen) atoms. The second kappa shape index (κ2) is 8.91. The van der Waals surface area contributed by atoms with Crippen molar-refractivity contribution in [2.45, 2.75) is 0 Å². The SMILES string of the molecule is CON=C(c1cc(OC)c(OC)c(OC)c1)c1nc(-c2ccc(F)cc2)c[se]1. The van der Waals surface area contributed by atoms with Gasteiger partial charge in [-0.05, 0) is 0 Å². The number of halogens is 1. The van der Waals surface area contributed by atoms with E-state index < -0.39 is 0 Å². The van der Waals surface area contributed by atoms with Crippen LogP contribution in [0.3, 0.4) is 0 Å². The predicted molar refractivity (Wildman–Crippen MR) is 105 cm³/mol. The standard InChI is InChI=1S/C20H19FN2O4Se/c1-24-16-9-13(10-17(25-2)19(16)26-3)18(23-27-4)20-22-15(11-28-20)12-5-7-14(21)8-6-12/h5-11H,1-4H3. The molecule has 6 nitrogen and oxygen atoms in total. The van der Waals surface area contributed by atoms with Crippen LogP contribution < -0.4 is 14.2 Å². The van der Waals surface area contributed by atoms with Crippen molar-refractivity contribution >= 4 is 20.2 Å². The number of nitrogens with zero attached hydrogens (tertiary/aromatic N) is 2. The predicted octanol–water partition coefficient (Wildman–Crippen LogP) is 3.37. The van der Waals surface area contributed by atoms with Crippen molar-refractivity contribution in [1.82, 2.24) is 4.98 Å². The third-order valence-corrected chi connectivity index (χ3v) is 5.75. The van der Waals surface area contributed by atoms with Crippen molar-refractivity contribution in [2.75, 3.05) is 28.4 Å². The van der Waals surface area contributed by atoms with Crippen LogP contribution in [0.2, 0.25) is 0 Å². The Morgan fingerprint density at radius 2 is 1.61 bits per heavy atom. The van der Waals surface area contributed by atoms with E-state index in [1.165, 1.54) is 19.2 Å². The molecule has 0 unspecified atom stereocenters. The summed E-state index contributed by atoms with van der Waals surface area (Å²) in [5, 5.41) is 4.18. The summed E-state index contributed by atoms with van der Waals surface area (Å²) in [6, 6.07) is 9.84. The van der Waals surface area contributed by atoms with Crippen LogP contribution in [0.15, 0.2) is 46.5 Å². The van der Waals surface area contributed by atoms with Crippen molar-refractivity contribution < 1.29 is 23.4 Å². The summed E-state index contributed by atoms with van der Waals surface area (Å²) in [6.45, 7) is 0. The molecule has 0 radical (unpaired) electrons. The van der Waals surface area contributed by atoms with E-state index in [2.05, 4.69) is 5.16 Å². The fourth-order valence-corrected chi connectivity index (χ4v) is 4.40. The first-order chi connectivity index (χ1) is 13.6. The molecule has 0 fully saturated rings. The first-order valence-electron chi connectivity index (χ1n) is 8.24. The molecule has 0 saturated heterocycles. The molecular formula is C20H19FN2O4Se. The molecule has 3 rings (SSSR count). The fourth-order valence-electron chi connectivity index (χ4n) is 2.66. The van der Waals surface area contributed by atoms with Crippen LogP contribution in [0.4, 0.5) is 4.39 Å². The Bertz CT molecular complexity index is 961. The molecule has 3 aromatic rings. The summed E-state index contributed by atoms with van der Waals surface area (Å²) in [5.41, 5.74) is 2.94. The Morgan fingerprint density at radius 3 is 2.14 bits per heavy atom. The molecule has 2 aromatic carbocycles. The normalized spacial score (nSPS) is 11.2. The van der Waals surface area contributed by atoms with Gasteiger partial charge in [0.25, 0.3) is 0 Å². The van der Waals surface area contributed by atoms with Crippen molar-refractivity contribution in [3.8, 4) is 28.5 Å². The topological polar surface area (TPSA) is 62.2 Å². The molecule has 1 aromatic heterocycles. The third-order valence-electron chi connectivity index (χ3n) is 3.97. The molecule has 0 spiro atoms. The van der Waals surface area contributed by atoms with Gasteiger partial charge >= 0.3 is 168 Å². The summed E-state index contributed by atoms with van der Waals surface area (Å²) in [7, 11) is 6.14. The molecule has 0 bridgehead atoms. The van der Waals surface area contributed by atoms with E-state index in [1.54, 1.807) is 45.6 Å². The summed E-state index contributed by atoms with van der Waals surface area (Å²) in [4.78, 5) is 11.8. The van der Waals surface area contributed by atoms with Crippen molar-refractivity contribution in [1.29, 1.82) is 0 Å². The Labute approximate surface area is 168 Å². The van der Waals surface area contributed by atoms with Gasteiger partial charge in [0.1, 0.15) is 0 Å². The fraction of sp³-hybridized carbons (Fsp3) is 0.200. The van der Waals surface area contributed by atoms with E-state index in [9.17, 15) is 4.39 Å². The number of aromatic nitrogens is 1. The van der Waals surface area contributed by atoms with Crippen LogP contribution in [0.25, 0.3) is 11.3 Å². The molecule has 0 N–H and O–H groups in total. The van der Waals surface area contributed by atoms with Crippen LogP contribution >= 0.6 is 0 Å². The Hall–Kier alpha value is -2.83. The third kappa shape index (κ3) is 4.03. The van der Waals surface area contributed by atoms with E-state index in [4.69, 9.17) is 24.0 Å². The van der Waals surface area contributed by atoms with Crippen molar-refractivity contribution in [3.05, 3.63) is 57.3 Å². The number of rotatable bonds is 7. The summed E-state index contributed by atoms with van der Waals surface area (Å²) < 4.78 is 30.2. The van der Waals surface area contributed by atoms with E-state index in [0.29, 0.717) is 23.0 Å². The first-order valence-corrected chi connectivity index (χ1v) is 10.1. The molecule has 0 atom stereocenters. The average molecular weight is 449 g/mol. The van der Waals surface area contributed by atoms with E-state index >= 15 is 0 Å². The molecule has 0 aliphatic carbocycles. The number of ether oxygens (including phenoxy) is 3. The van der Waals surface area contributed by atoms with Gasteiger partial charge in [-0.1, -0.05) is 0 Å². The summed E-state index contributed by atoms with van der Waals surface area (Å²) in [6.07, 6.45) is 0. The summed E-state index contributed by atoms with van der Waals surface area (Å²) >= 11 is -0.0680. The second-order valence-electron chi connectivity index (χ2n) is 5.58. The zero-order valence-electron chi connectivity index (χ0n) is 15.9. The molecule has 0 saturated carbocycles. The molecule has 146 valence electrons. The quantitative estimate of drug-likeness (QED) is 0.315. The molecule has 8 heteroatoms. The summed E-state index contributed by atoms with van der Waals surface area (Å²) in [5.74, 6) is 1.24. The van der Waals surface area contributed by atoms with E-state index in [1.807, 2.05) is 4.94 Å². The van der Waals surface area contributed by atoms with Gasteiger partial charge in [-0.2, -0.15) is 0 Å². The van der Waals surface area contributed by atoms with Crippen molar-refractivity contribution in [2.24, 2.45) is 5.16 Å². The van der Waals surface area contributed by atoms with Gasteiger partial charge in [-0.3, -0.25) is 0 Å². The molecule has 0 aliphatic heterocycles.